The van der Waals surface area contributed by atoms with E-state index < -0.39 is 0 Å². The molecule has 1 heterocycles. The van der Waals surface area contributed by atoms with E-state index in [0.29, 0.717) is 6.42 Å². The molecule has 98 valence electrons. The van der Waals surface area contributed by atoms with E-state index in [-0.39, 0.29) is 12.2 Å². The number of benzene rings is 1. The zero-order chi connectivity index (χ0) is 12.8. The molecule has 4 heteroatoms. The molecule has 18 heavy (non-hydrogen) atoms. The molecule has 0 radical (unpaired) electrons. The molecule has 1 aromatic rings. The zero-order valence-electron chi connectivity index (χ0n) is 10.7. The number of methoxy groups -OCH3 is 1. The van der Waals surface area contributed by atoms with Crippen LogP contribution in [0.5, 0.6) is 0 Å². The average Bonchev–Trinajstić information content (AvgIpc) is 3.18. The summed E-state index contributed by atoms with van der Waals surface area (Å²) in [5, 5.41) is 1.98. The fourth-order valence-corrected chi connectivity index (χ4v) is 1.93. The van der Waals surface area contributed by atoms with E-state index in [2.05, 4.69) is 16.9 Å². The molecule has 1 unspecified atom stereocenters. The second-order valence-corrected chi connectivity index (χ2v) is 4.40. The smallest absolute Gasteiger partial charge is 0.305 e. The standard InChI is InChI=1S/C14H19NO3/c1-17-13(16)10-6-3-7-11-15-14(18-15)12-8-4-2-5-9-12/h2,4-5,8-9,14H,3,6-7,10-11H2,1H3/t14-,15?/m0/s1. The number of carbonyl (C=O) groups excluding carboxylic acids is 1. The first kappa shape index (κ1) is 13.1. The molecule has 1 aliphatic heterocycles. The van der Waals surface area contributed by atoms with Gasteiger partial charge in [0.1, 0.15) is 0 Å². The number of carbonyl (C=O) groups is 1. The van der Waals surface area contributed by atoms with E-state index >= 15 is 0 Å². The van der Waals surface area contributed by atoms with Gasteiger partial charge >= 0.3 is 5.97 Å². The SMILES string of the molecule is COC(=O)CCCCCN1O[C@H]1c1ccccc1. The van der Waals surface area contributed by atoms with Gasteiger partial charge in [0, 0.05) is 13.0 Å². The summed E-state index contributed by atoms with van der Waals surface area (Å²) < 4.78 is 4.59. The minimum atomic E-state index is -0.125. The summed E-state index contributed by atoms with van der Waals surface area (Å²) in [5.41, 5.74) is 1.20. The van der Waals surface area contributed by atoms with Gasteiger partial charge in [-0.3, -0.25) is 9.63 Å². The number of ether oxygens (including phenoxy) is 1. The third kappa shape index (κ3) is 3.82. The van der Waals surface area contributed by atoms with Crippen molar-refractivity contribution >= 4 is 5.97 Å². The lowest BCUT2D eigenvalue weighted by atomic mass is 10.2. The fraction of sp³-hybridized carbons (Fsp3) is 0.500. The van der Waals surface area contributed by atoms with Crippen LogP contribution in [0.25, 0.3) is 0 Å². The normalized spacial score (nSPS) is 21.6. The maximum atomic E-state index is 10.9. The van der Waals surface area contributed by atoms with Crippen LogP contribution in [0.15, 0.2) is 30.3 Å². The number of hydrogen-bond donors (Lipinski definition) is 0. The summed E-state index contributed by atoms with van der Waals surface area (Å²) >= 11 is 0. The van der Waals surface area contributed by atoms with Crippen molar-refractivity contribution in [3.05, 3.63) is 35.9 Å². The van der Waals surface area contributed by atoms with E-state index in [1.165, 1.54) is 12.7 Å². The van der Waals surface area contributed by atoms with Crippen molar-refractivity contribution in [1.82, 2.24) is 5.06 Å². The molecular formula is C14H19NO3. The van der Waals surface area contributed by atoms with E-state index in [1.807, 2.05) is 23.3 Å². The van der Waals surface area contributed by atoms with Crippen molar-refractivity contribution in [2.75, 3.05) is 13.7 Å². The highest BCUT2D eigenvalue weighted by molar-refractivity contribution is 5.68. The predicted octanol–water partition coefficient (Wildman–Crippen LogP) is 2.67. The van der Waals surface area contributed by atoms with Crippen molar-refractivity contribution in [3.63, 3.8) is 0 Å². The number of hydroxylamine groups is 2. The molecule has 1 saturated heterocycles. The molecule has 0 bridgehead atoms. The van der Waals surface area contributed by atoms with E-state index in [9.17, 15) is 4.79 Å². The molecule has 1 aromatic carbocycles. The van der Waals surface area contributed by atoms with Crippen LogP contribution < -0.4 is 0 Å². The Hall–Kier alpha value is -1.39. The summed E-state index contributed by atoms with van der Waals surface area (Å²) in [5.74, 6) is -0.125. The molecular weight excluding hydrogens is 230 g/mol. The van der Waals surface area contributed by atoms with Gasteiger partial charge in [-0.05, 0) is 18.4 Å². The van der Waals surface area contributed by atoms with E-state index in [0.717, 1.165) is 25.8 Å². The minimum absolute atomic E-state index is 0.125. The molecule has 2 atom stereocenters. The van der Waals surface area contributed by atoms with Gasteiger partial charge in [-0.2, -0.15) is 5.06 Å². The molecule has 4 nitrogen and oxygen atoms in total. The van der Waals surface area contributed by atoms with Crippen molar-refractivity contribution < 1.29 is 14.4 Å². The number of rotatable bonds is 7. The monoisotopic (exact) mass is 249 g/mol. The second-order valence-electron chi connectivity index (χ2n) is 4.40. The lowest BCUT2D eigenvalue weighted by Gasteiger charge is -2.00. The zero-order valence-corrected chi connectivity index (χ0v) is 10.7. The lowest BCUT2D eigenvalue weighted by molar-refractivity contribution is -0.140. The highest BCUT2D eigenvalue weighted by atomic mass is 16.8. The second kappa shape index (κ2) is 6.52. The largest absolute Gasteiger partial charge is 0.469 e. The quantitative estimate of drug-likeness (QED) is 0.423. The highest BCUT2D eigenvalue weighted by Gasteiger charge is 2.36. The first-order chi connectivity index (χ1) is 8.81. The Morgan fingerprint density at radius 3 is 2.78 bits per heavy atom. The Labute approximate surface area is 107 Å². The van der Waals surface area contributed by atoms with Crippen LogP contribution in [0.4, 0.5) is 0 Å². The van der Waals surface area contributed by atoms with Gasteiger partial charge in [-0.25, -0.2) is 0 Å². The minimum Gasteiger partial charge on any atom is -0.469 e. The van der Waals surface area contributed by atoms with Gasteiger partial charge in [0.05, 0.1) is 7.11 Å². The summed E-state index contributed by atoms with van der Waals surface area (Å²) in [6.07, 6.45) is 3.60. The molecule has 1 aliphatic rings. The number of nitrogens with zero attached hydrogens (tertiary/aromatic N) is 1. The van der Waals surface area contributed by atoms with Gasteiger partial charge < -0.3 is 4.74 Å². The number of esters is 1. The third-order valence-corrected chi connectivity index (χ3v) is 3.02. The van der Waals surface area contributed by atoms with Crippen LogP contribution in [-0.2, 0) is 14.4 Å². The summed E-state index contributed by atoms with van der Waals surface area (Å²) in [7, 11) is 1.43. The molecule has 1 fully saturated rings. The van der Waals surface area contributed by atoms with Gasteiger partial charge in [-0.15, -0.1) is 0 Å². The summed E-state index contributed by atoms with van der Waals surface area (Å²) in [6.45, 7) is 0.917. The van der Waals surface area contributed by atoms with Gasteiger partial charge in [-0.1, -0.05) is 36.8 Å². The van der Waals surface area contributed by atoms with Gasteiger partial charge in [0.25, 0.3) is 0 Å². The Bertz CT molecular complexity index is 380. The van der Waals surface area contributed by atoms with Gasteiger partial charge in [0.15, 0.2) is 6.23 Å². The average molecular weight is 249 g/mol. The topological polar surface area (TPSA) is 41.8 Å². The Balaban J connectivity index is 1.56. The number of hydrogen-bond acceptors (Lipinski definition) is 4. The van der Waals surface area contributed by atoms with E-state index in [4.69, 9.17) is 4.84 Å². The van der Waals surface area contributed by atoms with Crippen LogP contribution >= 0.6 is 0 Å². The summed E-state index contributed by atoms with van der Waals surface area (Å²) in [6, 6.07) is 10.2. The Morgan fingerprint density at radius 1 is 1.28 bits per heavy atom. The van der Waals surface area contributed by atoms with Crippen molar-refractivity contribution in [2.24, 2.45) is 0 Å². The van der Waals surface area contributed by atoms with Crippen molar-refractivity contribution in [1.29, 1.82) is 0 Å². The van der Waals surface area contributed by atoms with Crippen molar-refractivity contribution in [2.45, 2.75) is 31.9 Å². The molecule has 2 rings (SSSR count). The maximum absolute atomic E-state index is 10.9. The van der Waals surface area contributed by atoms with Crippen LogP contribution in [0.3, 0.4) is 0 Å². The fourth-order valence-electron chi connectivity index (χ4n) is 1.93. The molecule has 0 spiro atoms. The summed E-state index contributed by atoms with van der Waals surface area (Å²) in [4.78, 5) is 16.4. The predicted molar refractivity (Wildman–Crippen MR) is 67.5 cm³/mol. The third-order valence-electron chi connectivity index (χ3n) is 3.02. The molecule has 0 N–H and O–H groups in total. The van der Waals surface area contributed by atoms with Crippen molar-refractivity contribution in [3.8, 4) is 0 Å². The number of unbranched alkanes of at least 4 members (excludes halogenated alkanes) is 2. The molecule has 0 amide bonds. The van der Waals surface area contributed by atoms with Crippen LogP contribution in [0.1, 0.15) is 37.5 Å². The van der Waals surface area contributed by atoms with Gasteiger partial charge in [0.2, 0.25) is 0 Å². The first-order valence-corrected chi connectivity index (χ1v) is 6.36. The first-order valence-electron chi connectivity index (χ1n) is 6.36. The maximum Gasteiger partial charge on any atom is 0.305 e. The molecule has 0 aromatic heterocycles. The lowest BCUT2D eigenvalue weighted by Crippen LogP contribution is -2.02. The van der Waals surface area contributed by atoms with Crippen LogP contribution in [0, 0.1) is 0 Å². The molecule has 0 saturated carbocycles. The molecule has 0 aliphatic carbocycles. The van der Waals surface area contributed by atoms with Crippen LogP contribution in [-0.4, -0.2) is 24.7 Å². The Kier molecular flexibility index (Phi) is 4.73. The van der Waals surface area contributed by atoms with E-state index in [1.54, 1.807) is 0 Å². The highest BCUT2D eigenvalue weighted by Crippen LogP contribution is 2.36. The van der Waals surface area contributed by atoms with Crippen LogP contribution in [0.2, 0.25) is 0 Å². The Morgan fingerprint density at radius 2 is 2.06 bits per heavy atom.